The molecule has 0 aliphatic carbocycles. The zero-order chi connectivity index (χ0) is 23.0. The number of hydrogen-bond acceptors (Lipinski definition) is 6. The number of carboxylic acid groups (broad SMARTS) is 1. The van der Waals surface area contributed by atoms with E-state index < -0.39 is 23.7 Å². The standard InChI is InChI=1S/C22H23ClFN5O3/c1-12(25-16-6-7-17(24)26-19(16)21(31)32)14-10-13(23)11-15-18(14)27-22(28(2)20(15)30)29-8-4-3-5-9-29/h6-7,10-12,25H,3-5,8-9H2,1-2H3,(H,31,32)/t12-/m1/s1. The smallest absolute Gasteiger partial charge is 0.356 e. The summed E-state index contributed by atoms with van der Waals surface area (Å²) in [7, 11) is 1.70. The number of piperidine rings is 1. The Bertz CT molecular complexity index is 1260. The average Bonchev–Trinajstić information content (AvgIpc) is 2.77. The molecular weight excluding hydrogens is 437 g/mol. The molecule has 2 N–H and O–H groups in total. The summed E-state index contributed by atoms with van der Waals surface area (Å²) in [5, 5.41) is 13.2. The normalized spacial score (nSPS) is 15.1. The molecular formula is C22H23ClFN5O3. The molecule has 10 heteroatoms. The number of aromatic nitrogens is 3. The molecule has 1 aromatic carbocycles. The second-order valence-electron chi connectivity index (χ2n) is 7.92. The van der Waals surface area contributed by atoms with Gasteiger partial charge in [-0.25, -0.2) is 14.8 Å². The molecule has 2 aromatic heterocycles. The largest absolute Gasteiger partial charge is 0.476 e. The molecule has 32 heavy (non-hydrogen) atoms. The number of benzene rings is 1. The van der Waals surface area contributed by atoms with Crippen LogP contribution in [0.25, 0.3) is 10.9 Å². The topological polar surface area (TPSA) is 100 Å². The monoisotopic (exact) mass is 459 g/mol. The maximum Gasteiger partial charge on any atom is 0.356 e. The number of hydrogen-bond donors (Lipinski definition) is 2. The van der Waals surface area contributed by atoms with E-state index in [9.17, 15) is 19.1 Å². The van der Waals surface area contributed by atoms with Gasteiger partial charge in [-0.1, -0.05) is 11.6 Å². The van der Waals surface area contributed by atoms with Gasteiger partial charge in [0.15, 0.2) is 5.69 Å². The molecule has 0 radical (unpaired) electrons. The van der Waals surface area contributed by atoms with Gasteiger partial charge in [-0.2, -0.15) is 4.39 Å². The van der Waals surface area contributed by atoms with Gasteiger partial charge < -0.3 is 15.3 Å². The molecule has 4 rings (SSSR count). The van der Waals surface area contributed by atoms with Crippen LogP contribution in [0.2, 0.25) is 5.02 Å². The Labute approximate surface area is 188 Å². The maximum absolute atomic E-state index is 13.5. The van der Waals surface area contributed by atoms with Crippen LogP contribution >= 0.6 is 11.6 Å². The van der Waals surface area contributed by atoms with Crippen molar-refractivity contribution in [2.24, 2.45) is 7.05 Å². The Morgan fingerprint density at radius 3 is 2.62 bits per heavy atom. The minimum atomic E-state index is -1.35. The lowest BCUT2D eigenvalue weighted by molar-refractivity contribution is 0.0690. The third-order valence-corrected chi connectivity index (χ3v) is 5.91. The van der Waals surface area contributed by atoms with Crippen molar-refractivity contribution in [2.75, 3.05) is 23.3 Å². The number of rotatable bonds is 5. The summed E-state index contributed by atoms with van der Waals surface area (Å²) in [5.74, 6) is -1.65. The molecule has 0 saturated carbocycles. The lowest BCUT2D eigenvalue weighted by Crippen LogP contribution is -2.35. The van der Waals surface area contributed by atoms with Crippen LogP contribution in [0.5, 0.6) is 0 Å². The number of carboxylic acids is 1. The van der Waals surface area contributed by atoms with Gasteiger partial charge in [-0.3, -0.25) is 9.36 Å². The maximum atomic E-state index is 13.5. The van der Waals surface area contributed by atoms with Gasteiger partial charge in [0.05, 0.1) is 22.6 Å². The second-order valence-corrected chi connectivity index (χ2v) is 8.35. The predicted octanol–water partition coefficient (Wildman–Crippen LogP) is 3.98. The van der Waals surface area contributed by atoms with Crippen molar-refractivity contribution < 1.29 is 14.3 Å². The van der Waals surface area contributed by atoms with Gasteiger partial charge in [0.2, 0.25) is 11.9 Å². The van der Waals surface area contributed by atoms with E-state index in [1.54, 1.807) is 26.1 Å². The van der Waals surface area contributed by atoms with Crippen molar-refractivity contribution >= 4 is 40.1 Å². The number of carbonyl (C=O) groups is 1. The predicted molar refractivity (Wildman–Crippen MR) is 121 cm³/mol. The third kappa shape index (κ3) is 4.12. The van der Waals surface area contributed by atoms with Crippen LogP contribution in [0, 0.1) is 5.95 Å². The van der Waals surface area contributed by atoms with E-state index in [1.165, 1.54) is 10.6 Å². The van der Waals surface area contributed by atoms with Crippen LogP contribution < -0.4 is 15.8 Å². The van der Waals surface area contributed by atoms with Crippen LogP contribution in [0.15, 0.2) is 29.1 Å². The van der Waals surface area contributed by atoms with Crippen molar-refractivity contribution in [3.05, 3.63) is 56.8 Å². The van der Waals surface area contributed by atoms with Gasteiger partial charge in [0, 0.05) is 30.7 Å². The molecule has 3 aromatic rings. The van der Waals surface area contributed by atoms with Gasteiger partial charge in [-0.05, 0) is 50.5 Å². The molecule has 8 nitrogen and oxygen atoms in total. The summed E-state index contributed by atoms with van der Waals surface area (Å²) in [6.07, 6.45) is 3.22. The minimum absolute atomic E-state index is 0.152. The number of nitrogens with zero attached hydrogens (tertiary/aromatic N) is 4. The summed E-state index contributed by atoms with van der Waals surface area (Å²) in [6, 6.07) is 5.20. The van der Waals surface area contributed by atoms with Gasteiger partial charge >= 0.3 is 5.97 Å². The van der Waals surface area contributed by atoms with Crippen LogP contribution in [0.4, 0.5) is 16.0 Å². The fraction of sp³-hybridized carbons (Fsp3) is 0.364. The van der Waals surface area contributed by atoms with Crippen molar-refractivity contribution in [1.29, 1.82) is 0 Å². The van der Waals surface area contributed by atoms with Crippen LogP contribution in [-0.4, -0.2) is 38.7 Å². The summed E-state index contributed by atoms with van der Waals surface area (Å²) in [4.78, 5) is 35.1. The minimum Gasteiger partial charge on any atom is -0.476 e. The average molecular weight is 460 g/mol. The van der Waals surface area contributed by atoms with Crippen molar-refractivity contribution in [3.63, 3.8) is 0 Å². The lowest BCUT2D eigenvalue weighted by Gasteiger charge is -2.29. The number of fused-ring (bicyclic) bond motifs is 1. The zero-order valence-corrected chi connectivity index (χ0v) is 18.5. The van der Waals surface area contributed by atoms with Crippen LogP contribution in [0.3, 0.4) is 0 Å². The zero-order valence-electron chi connectivity index (χ0n) is 17.7. The molecule has 1 aliphatic rings. The van der Waals surface area contributed by atoms with E-state index >= 15 is 0 Å². The second kappa shape index (κ2) is 8.74. The first kappa shape index (κ1) is 22.0. The number of aromatic carboxylic acids is 1. The summed E-state index contributed by atoms with van der Waals surface area (Å²) in [5.41, 5.74) is 0.635. The molecule has 0 bridgehead atoms. The Kier molecular flexibility index (Phi) is 6.01. The SMILES string of the molecule is C[C@@H](Nc1ccc(F)nc1C(=O)O)c1cc(Cl)cc2c(=O)n(C)c(N3CCCCC3)nc12. The Balaban J connectivity index is 1.82. The number of nitrogens with one attached hydrogen (secondary N) is 1. The highest BCUT2D eigenvalue weighted by atomic mass is 35.5. The highest BCUT2D eigenvalue weighted by molar-refractivity contribution is 6.31. The van der Waals surface area contributed by atoms with Crippen LogP contribution in [0.1, 0.15) is 48.3 Å². The van der Waals surface area contributed by atoms with E-state index in [0.29, 0.717) is 27.4 Å². The highest BCUT2D eigenvalue weighted by Gasteiger charge is 2.22. The fourth-order valence-electron chi connectivity index (χ4n) is 4.09. The van der Waals surface area contributed by atoms with E-state index in [4.69, 9.17) is 16.6 Å². The first-order chi connectivity index (χ1) is 15.3. The molecule has 1 fully saturated rings. The lowest BCUT2D eigenvalue weighted by atomic mass is 10.0. The summed E-state index contributed by atoms with van der Waals surface area (Å²) >= 11 is 6.32. The quantitative estimate of drug-likeness (QED) is 0.556. The Hall–Kier alpha value is -3.20. The van der Waals surface area contributed by atoms with Crippen molar-refractivity contribution in [2.45, 2.75) is 32.2 Å². The molecule has 1 saturated heterocycles. The fourth-order valence-corrected chi connectivity index (χ4v) is 4.31. The molecule has 1 atom stereocenters. The van der Waals surface area contributed by atoms with Crippen molar-refractivity contribution in [1.82, 2.24) is 14.5 Å². The Morgan fingerprint density at radius 2 is 1.94 bits per heavy atom. The molecule has 168 valence electrons. The van der Waals surface area contributed by atoms with Gasteiger partial charge in [0.1, 0.15) is 0 Å². The van der Waals surface area contributed by atoms with Crippen LogP contribution in [-0.2, 0) is 7.05 Å². The summed E-state index contributed by atoms with van der Waals surface area (Å²) in [6.45, 7) is 3.44. The number of pyridine rings is 1. The number of anilines is 2. The molecule has 1 aliphatic heterocycles. The molecule has 0 unspecified atom stereocenters. The first-order valence-electron chi connectivity index (χ1n) is 10.4. The molecule has 0 amide bonds. The third-order valence-electron chi connectivity index (χ3n) is 5.69. The number of halogens is 2. The highest BCUT2D eigenvalue weighted by Crippen LogP contribution is 2.30. The van der Waals surface area contributed by atoms with E-state index in [0.717, 1.165) is 38.4 Å². The first-order valence-corrected chi connectivity index (χ1v) is 10.8. The van der Waals surface area contributed by atoms with Gasteiger partial charge in [-0.15, -0.1) is 0 Å². The van der Waals surface area contributed by atoms with Crippen molar-refractivity contribution in [3.8, 4) is 0 Å². The molecule has 0 spiro atoms. The van der Waals surface area contributed by atoms with E-state index in [1.807, 2.05) is 0 Å². The summed E-state index contributed by atoms with van der Waals surface area (Å²) < 4.78 is 15.0. The van der Waals surface area contributed by atoms with Gasteiger partial charge in [0.25, 0.3) is 5.56 Å². The van der Waals surface area contributed by atoms with E-state index in [2.05, 4.69) is 15.2 Å². The molecule has 3 heterocycles. The van der Waals surface area contributed by atoms with E-state index in [-0.39, 0.29) is 11.2 Å². The Morgan fingerprint density at radius 1 is 1.22 bits per heavy atom.